The molecule has 0 bridgehead atoms. The minimum atomic E-state index is -1.69. The molecule has 3 atom stereocenters. The van der Waals surface area contributed by atoms with Crippen LogP contribution in [0.25, 0.3) is 22.8 Å². The molecule has 1 amide bonds. The van der Waals surface area contributed by atoms with E-state index in [0.717, 1.165) is 13.0 Å². The number of hydrogen-bond acceptors (Lipinski definition) is 9. The van der Waals surface area contributed by atoms with Gasteiger partial charge in [0.2, 0.25) is 11.5 Å². The van der Waals surface area contributed by atoms with Crippen LogP contribution in [0.3, 0.4) is 0 Å². The lowest BCUT2D eigenvalue weighted by atomic mass is 9.98. The van der Waals surface area contributed by atoms with Gasteiger partial charge >= 0.3 is 0 Å². The smallest absolute Gasteiger partial charge is 0.262 e. The first-order valence-electron chi connectivity index (χ1n) is 10.6. The lowest BCUT2D eigenvalue weighted by molar-refractivity contribution is -0.144. The molecule has 2 aliphatic heterocycles. The Morgan fingerprint density at radius 3 is 2.69 bits per heavy atom. The van der Waals surface area contributed by atoms with E-state index in [1.807, 2.05) is 19.1 Å². The largest absolute Gasteiger partial charge is 0.376 e. The van der Waals surface area contributed by atoms with E-state index in [1.165, 1.54) is 4.90 Å². The second-order valence-electron chi connectivity index (χ2n) is 8.20. The fraction of sp³-hybridized carbons (Fsp3) is 0.409. The van der Waals surface area contributed by atoms with E-state index in [1.54, 1.807) is 31.4 Å². The standard InChI is InChI=1S/C22H24N6O4/c1-13-14(7-11-31-13)25-21-23-9-6-17(26-21)15-4-3-5-16(24-15)18-12-19(32-27-18)22(30)8-10-28(2)20(22)29/h3-6,9,12-14,30H,7-8,10-11H2,1-2H3,(H,23,25,26)/t13-,14-,22+/m0/s1. The lowest BCUT2D eigenvalue weighted by Gasteiger charge is -2.16. The SMILES string of the molecule is C[C@@H]1OCC[C@@H]1Nc1nccc(-c2cccc(-c3cc([C@]4(O)CCN(C)C4=O)on3)n2)n1. The van der Waals surface area contributed by atoms with Crippen LogP contribution in [0, 0.1) is 0 Å². The van der Waals surface area contributed by atoms with E-state index in [-0.39, 0.29) is 24.3 Å². The summed E-state index contributed by atoms with van der Waals surface area (Å²) in [5.41, 5.74) is 0.591. The highest BCUT2D eigenvalue weighted by atomic mass is 16.5. The molecule has 3 aromatic heterocycles. The van der Waals surface area contributed by atoms with Crippen LogP contribution >= 0.6 is 0 Å². The highest BCUT2D eigenvalue weighted by Gasteiger charge is 2.48. The van der Waals surface area contributed by atoms with Crippen molar-refractivity contribution in [2.24, 2.45) is 0 Å². The van der Waals surface area contributed by atoms with Crippen molar-refractivity contribution in [2.75, 3.05) is 25.5 Å². The van der Waals surface area contributed by atoms with Gasteiger partial charge in [-0.15, -0.1) is 0 Å². The Hall–Kier alpha value is -3.37. The summed E-state index contributed by atoms with van der Waals surface area (Å²) in [5.74, 6) is 0.243. The minimum absolute atomic E-state index is 0.103. The summed E-state index contributed by atoms with van der Waals surface area (Å²) in [7, 11) is 1.65. The molecule has 0 aliphatic carbocycles. The van der Waals surface area contributed by atoms with E-state index >= 15 is 0 Å². The van der Waals surface area contributed by atoms with Gasteiger partial charge in [-0.05, 0) is 31.5 Å². The number of nitrogens with zero attached hydrogens (tertiary/aromatic N) is 5. The molecule has 0 unspecified atom stereocenters. The van der Waals surface area contributed by atoms with Crippen LogP contribution in [0.2, 0.25) is 0 Å². The maximum atomic E-state index is 12.3. The fourth-order valence-electron chi connectivity index (χ4n) is 4.05. The predicted molar refractivity (Wildman–Crippen MR) is 114 cm³/mol. The molecule has 0 aromatic carbocycles. The Kier molecular flexibility index (Phi) is 5.10. The molecule has 2 fully saturated rings. The van der Waals surface area contributed by atoms with E-state index < -0.39 is 11.5 Å². The van der Waals surface area contributed by atoms with Crippen LogP contribution < -0.4 is 5.32 Å². The highest BCUT2D eigenvalue weighted by Crippen LogP contribution is 2.34. The molecule has 0 saturated carbocycles. The number of pyridine rings is 1. The van der Waals surface area contributed by atoms with Crippen LogP contribution in [0.4, 0.5) is 5.95 Å². The number of rotatable bonds is 5. The molecular formula is C22H24N6O4. The van der Waals surface area contributed by atoms with Crippen molar-refractivity contribution in [1.82, 2.24) is 25.0 Å². The number of likely N-dealkylation sites (tertiary alicyclic amines) is 1. The average Bonchev–Trinajstić information content (AvgIpc) is 3.52. The van der Waals surface area contributed by atoms with Crippen molar-refractivity contribution in [3.05, 3.63) is 42.3 Å². The summed E-state index contributed by atoms with van der Waals surface area (Å²) in [6.07, 6.45) is 2.95. The van der Waals surface area contributed by atoms with E-state index in [2.05, 4.69) is 25.4 Å². The first-order chi connectivity index (χ1) is 15.4. The third-order valence-corrected chi connectivity index (χ3v) is 6.05. The minimum Gasteiger partial charge on any atom is -0.376 e. The fourth-order valence-corrected chi connectivity index (χ4v) is 4.05. The van der Waals surface area contributed by atoms with Gasteiger partial charge in [0.15, 0.2) is 5.76 Å². The Morgan fingerprint density at radius 1 is 1.19 bits per heavy atom. The zero-order chi connectivity index (χ0) is 22.3. The topological polar surface area (TPSA) is 126 Å². The summed E-state index contributed by atoms with van der Waals surface area (Å²) in [6.45, 7) is 3.20. The highest BCUT2D eigenvalue weighted by molar-refractivity contribution is 5.87. The van der Waals surface area contributed by atoms with Crippen LogP contribution in [-0.4, -0.2) is 68.4 Å². The Labute approximate surface area is 184 Å². The van der Waals surface area contributed by atoms with Crippen molar-refractivity contribution in [3.63, 3.8) is 0 Å². The number of carbonyl (C=O) groups is 1. The summed E-state index contributed by atoms with van der Waals surface area (Å²) >= 11 is 0. The van der Waals surface area contributed by atoms with Crippen LogP contribution in [0.5, 0.6) is 0 Å². The van der Waals surface area contributed by atoms with Gasteiger partial charge < -0.3 is 24.6 Å². The number of aromatic nitrogens is 4. The second-order valence-corrected chi connectivity index (χ2v) is 8.20. The molecule has 2 aliphatic rings. The van der Waals surface area contributed by atoms with E-state index in [9.17, 15) is 9.90 Å². The van der Waals surface area contributed by atoms with E-state index in [4.69, 9.17) is 9.26 Å². The molecule has 0 spiro atoms. The molecule has 3 aromatic rings. The van der Waals surface area contributed by atoms with Crippen molar-refractivity contribution in [3.8, 4) is 22.8 Å². The van der Waals surface area contributed by atoms with Crippen molar-refractivity contribution >= 4 is 11.9 Å². The van der Waals surface area contributed by atoms with Gasteiger partial charge in [0, 0.05) is 38.9 Å². The predicted octanol–water partition coefficient (Wildman–Crippen LogP) is 1.83. The van der Waals surface area contributed by atoms with Gasteiger partial charge in [-0.1, -0.05) is 11.2 Å². The normalized spacial score (nSPS) is 25.5. The molecule has 5 heterocycles. The number of ether oxygens (including phenoxy) is 1. The summed E-state index contributed by atoms with van der Waals surface area (Å²) in [4.78, 5) is 27.4. The van der Waals surface area contributed by atoms with Crippen LogP contribution in [0.1, 0.15) is 25.5 Å². The summed E-state index contributed by atoms with van der Waals surface area (Å²) < 4.78 is 10.9. The number of hydrogen-bond donors (Lipinski definition) is 2. The molecule has 10 heteroatoms. The lowest BCUT2D eigenvalue weighted by Crippen LogP contribution is -2.35. The first-order valence-corrected chi connectivity index (χ1v) is 10.6. The molecule has 32 heavy (non-hydrogen) atoms. The van der Waals surface area contributed by atoms with Gasteiger partial charge in [-0.2, -0.15) is 0 Å². The Balaban J connectivity index is 1.40. The number of carbonyl (C=O) groups excluding carboxylic acids is 1. The average molecular weight is 436 g/mol. The van der Waals surface area contributed by atoms with Gasteiger partial charge in [0.05, 0.1) is 29.2 Å². The molecule has 10 nitrogen and oxygen atoms in total. The molecule has 2 N–H and O–H groups in total. The summed E-state index contributed by atoms with van der Waals surface area (Å²) in [6, 6.07) is 9.00. The monoisotopic (exact) mass is 436 g/mol. The van der Waals surface area contributed by atoms with Crippen LogP contribution in [-0.2, 0) is 15.1 Å². The van der Waals surface area contributed by atoms with Crippen molar-refractivity contribution < 1.29 is 19.2 Å². The quantitative estimate of drug-likeness (QED) is 0.616. The first kappa shape index (κ1) is 20.5. The van der Waals surface area contributed by atoms with Crippen molar-refractivity contribution in [1.29, 1.82) is 0 Å². The van der Waals surface area contributed by atoms with E-state index in [0.29, 0.717) is 35.3 Å². The Bertz CT molecular complexity index is 1150. The van der Waals surface area contributed by atoms with Gasteiger partial charge in [0.1, 0.15) is 5.69 Å². The number of amides is 1. The maximum absolute atomic E-state index is 12.3. The van der Waals surface area contributed by atoms with Crippen molar-refractivity contribution in [2.45, 2.75) is 37.5 Å². The zero-order valence-electron chi connectivity index (χ0n) is 17.9. The van der Waals surface area contributed by atoms with Gasteiger partial charge in [-0.25, -0.2) is 15.0 Å². The number of nitrogens with one attached hydrogen (secondary N) is 1. The maximum Gasteiger partial charge on any atom is 0.262 e. The molecular weight excluding hydrogens is 412 g/mol. The molecule has 166 valence electrons. The molecule has 0 radical (unpaired) electrons. The second kappa shape index (κ2) is 7.95. The Morgan fingerprint density at radius 2 is 1.97 bits per heavy atom. The van der Waals surface area contributed by atoms with Crippen LogP contribution in [0.15, 0.2) is 41.1 Å². The number of anilines is 1. The third-order valence-electron chi connectivity index (χ3n) is 6.05. The van der Waals surface area contributed by atoms with Gasteiger partial charge in [0.25, 0.3) is 5.91 Å². The number of likely N-dealkylation sites (N-methyl/N-ethyl adjacent to an activating group) is 1. The summed E-state index contributed by atoms with van der Waals surface area (Å²) in [5, 5.41) is 18.1. The number of aliphatic hydroxyl groups is 1. The third kappa shape index (κ3) is 3.61. The molecule has 5 rings (SSSR count). The molecule has 2 saturated heterocycles. The zero-order valence-corrected chi connectivity index (χ0v) is 17.9. The van der Waals surface area contributed by atoms with Gasteiger partial charge in [-0.3, -0.25) is 4.79 Å².